The molecule has 0 amide bonds. The molecule has 0 saturated carbocycles. The predicted octanol–water partition coefficient (Wildman–Crippen LogP) is 6.81. The van der Waals surface area contributed by atoms with Crippen LogP contribution >= 0.6 is 15.9 Å². The summed E-state index contributed by atoms with van der Waals surface area (Å²) in [5.41, 5.74) is 14.0. The zero-order valence-corrected chi connectivity index (χ0v) is 21.1. The number of nitrogen functional groups attached to an aromatic ring is 2. The van der Waals surface area contributed by atoms with E-state index in [1.165, 1.54) is 30.3 Å². The van der Waals surface area contributed by atoms with Crippen molar-refractivity contribution in [1.29, 1.82) is 0 Å². The van der Waals surface area contributed by atoms with Gasteiger partial charge < -0.3 is 20.8 Å². The van der Waals surface area contributed by atoms with E-state index in [1.807, 2.05) is 34.6 Å². The van der Waals surface area contributed by atoms with Crippen LogP contribution in [0.1, 0.15) is 47.1 Å². The summed E-state index contributed by atoms with van der Waals surface area (Å²) in [7, 11) is -0.241. The van der Waals surface area contributed by atoms with Gasteiger partial charge in [-0.1, -0.05) is 12.1 Å². The largest absolute Gasteiger partial charge is 0.489 e. The summed E-state index contributed by atoms with van der Waals surface area (Å²) in [4.78, 5) is 0. The first-order valence-electron chi connectivity index (χ1n) is 10.00. The van der Waals surface area contributed by atoms with E-state index in [2.05, 4.69) is 29.1 Å². The van der Waals surface area contributed by atoms with Crippen LogP contribution in [0.25, 0.3) is 5.57 Å². The Labute approximate surface area is 198 Å². The molecule has 1 heterocycles. The van der Waals surface area contributed by atoms with E-state index < -0.39 is 0 Å². The summed E-state index contributed by atoms with van der Waals surface area (Å²) >= 11 is 3.08. The molecule has 1 saturated heterocycles. The lowest BCUT2D eigenvalue weighted by Gasteiger charge is -2.32. The van der Waals surface area contributed by atoms with E-state index >= 15 is 0 Å². The normalized spacial score (nSPS) is 15.7. The van der Waals surface area contributed by atoms with Gasteiger partial charge in [0.2, 0.25) is 0 Å². The number of anilines is 2. The Kier molecular flexibility index (Phi) is 9.69. The van der Waals surface area contributed by atoms with E-state index in [4.69, 9.17) is 20.8 Å². The number of hydrogen-bond donors (Lipinski definition) is 2. The molecule has 0 bridgehead atoms. The van der Waals surface area contributed by atoms with E-state index in [9.17, 15) is 8.78 Å². The van der Waals surface area contributed by atoms with E-state index in [1.54, 1.807) is 13.0 Å². The van der Waals surface area contributed by atoms with Crippen molar-refractivity contribution >= 4 is 40.0 Å². The Balaban J connectivity index is 0.000000242. The van der Waals surface area contributed by atoms with Crippen LogP contribution in [0.3, 0.4) is 0 Å². The minimum absolute atomic E-state index is 0.239. The van der Waals surface area contributed by atoms with Crippen molar-refractivity contribution in [2.45, 2.75) is 52.7 Å². The second-order valence-electron chi connectivity index (χ2n) is 8.61. The fourth-order valence-corrected chi connectivity index (χ4v) is 2.79. The smallest absolute Gasteiger partial charge is 0.400 e. The average Bonchev–Trinajstić information content (AvgIpc) is 2.89. The molecule has 4 nitrogen and oxygen atoms in total. The zero-order valence-electron chi connectivity index (χ0n) is 19.6. The van der Waals surface area contributed by atoms with E-state index in [0.717, 1.165) is 11.0 Å². The van der Waals surface area contributed by atoms with Crippen LogP contribution in [0, 0.1) is 11.6 Å². The van der Waals surface area contributed by atoms with Gasteiger partial charge in [-0.25, -0.2) is 8.78 Å². The van der Waals surface area contributed by atoms with Crippen molar-refractivity contribution in [3.63, 3.8) is 0 Å². The van der Waals surface area contributed by atoms with E-state index in [-0.39, 0.29) is 30.0 Å². The molecule has 1 fully saturated rings. The Morgan fingerprint density at radius 3 is 1.62 bits per heavy atom. The summed E-state index contributed by atoms with van der Waals surface area (Å²) < 4.78 is 36.9. The van der Waals surface area contributed by atoms with Crippen molar-refractivity contribution < 1.29 is 18.1 Å². The number of halogens is 3. The van der Waals surface area contributed by atoms with E-state index in [0.29, 0.717) is 21.4 Å². The highest BCUT2D eigenvalue weighted by Crippen LogP contribution is 2.38. The quantitative estimate of drug-likeness (QED) is 0.345. The molecule has 0 unspecified atom stereocenters. The summed E-state index contributed by atoms with van der Waals surface area (Å²) in [6, 6.07) is 8.42. The van der Waals surface area contributed by atoms with Crippen LogP contribution in [-0.4, -0.2) is 18.3 Å². The molecule has 2 aromatic carbocycles. The van der Waals surface area contributed by atoms with Crippen LogP contribution in [0.15, 0.2) is 59.5 Å². The van der Waals surface area contributed by atoms with Crippen molar-refractivity contribution in [2.75, 3.05) is 11.5 Å². The third-order valence-electron chi connectivity index (χ3n) is 5.09. The molecule has 4 N–H and O–H groups in total. The maximum Gasteiger partial charge on any atom is 0.489 e. The highest BCUT2D eigenvalue weighted by atomic mass is 79.9. The monoisotopic (exact) mass is 508 g/mol. The Morgan fingerprint density at radius 2 is 1.31 bits per heavy atom. The second kappa shape index (κ2) is 11.1. The molecule has 174 valence electrons. The number of nitrogens with two attached hydrogens (primary N) is 2. The standard InChI is InChI=1S/C9H17BO2.C9H10FN.C6H5BrFN/c1-7(2)10-11-8(3,4)9(5,6)12-10;1-6(2)8-5-7(10)3-4-9(8)11;7-5-3-4(8)1-2-6(5)9/h1H2,2-6H3;3-5H,1,11H2,2H3;1-3H,9H2. The first-order valence-corrected chi connectivity index (χ1v) is 10.8. The lowest BCUT2D eigenvalue weighted by atomic mass is 9.81. The maximum absolute atomic E-state index is 12.6. The predicted molar refractivity (Wildman–Crippen MR) is 135 cm³/mol. The first-order chi connectivity index (χ1) is 14.6. The SMILES string of the molecule is C=C(C)B1OC(C)(C)C(C)(C)O1.C=C(C)c1cc(F)ccc1N.Nc1ccc(F)cc1Br. The molecular weight excluding hydrogens is 477 g/mol. The highest BCUT2D eigenvalue weighted by Gasteiger charge is 2.51. The molecular formula is C24H32BBrF2N2O2. The summed E-state index contributed by atoms with van der Waals surface area (Å²) in [5.74, 6) is -0.562. The summed E-state index contributed by atoms with van der Waals surface area (Å²) in [6.07, 6.45) is 0. The molecule has 32 heavy (non-hydrogen) atoms. The molecule has 8 heteroatoms. The molecule has 2 aromatic rings. The van der Waals surface area contributed by atoms with Gasteiger partial charge in [-0.3, -0.25) is 0 Å². The zero-order chi connectivity index (χ0) is 24.9. The molecule has 3 rings (SSSR count). The van der Waals surface area contributed by atoms with Gasteiger partial charge in [-0.05, 0) is 99.4 Å². The molecule has 0 spiro atoms. The number of benzene rings is 2. The van der Waals surface area contributed by atoms with Crippen LogP contribution in [0.5, 0.6) is 0 Å². The van der Waals surface area contributed by atoms with Crippen LogP contribution in [0.2, 0.25) is 0 Å². The lowest BCUT2D eigenvalue weighted by Crippen LogP contribution is -2.41. The van der Waals surface area contributed by atoms with Gasteiger partial charge in [-0.2, -0.15) is 0 Å². The lowest BCUT2D eigenvalue weighted by molar-refractivity contribution is 0.00578. The van der Waals surface area contributed by atoms with Gasteiger partial charge in [0.05, 0.1) is 11.2 Å². The van der Waals surface area contributed by atoms with Gasteiger partial charge in [-0.15, -0.1) is 6.58 Å². The third-order valence-corrected chi connectivity index (χ3v) is 5.78. The fraction of sp³-hybridized carbons (Fsp3) is 0.333. The number of rotatable bonds is 2. The van der Waals surface area contributed by atoms with Gasteiger partial charge >= 0.3 is 7.12 Å². The summed E-state index contributed by atoms with van der Waals surface area (Å²) in [6.45, 7) is 19.4. The van der Waals surface area contributed by atoms with Crippen molar-refractivity contribution in [2.24, 2.45) is 0 Å². The Bertz CT molecular complexity index is 964. The van der Waals surface area contributed by atoms with Crippen LogP contribution in [-0.2, 0) is 9.31 Å². The first kappa shape index (κ1) is 27.9. The fourth-order valence-electron chi connectivity index (χ4n) is 2.44. The Hall–Kier alpha value is -2.16. The molecule has 0 atom stereocenters. The Morgan fingerprint density at radius 1 is 0.875 bits per heavy atom. The summed E-state index contributed by atoms with van der Waals surface area (Å²) in [5, 5.41) is 0. The minimum atomic E-state index is -0.281. The van der Waals surface area contributed by atoms with Crippen molar-refractivity contribution in [3.8, 4) is 0 Å². The van der Waals surface area contributed by atoms with Crippen molar-refractivity contribution in [1.82, 2.24) is 0 Å². The maximum atomic E-state index is 12.6. The molecule has 0 radical (unpaired) electrons. The average molecular weight is 509 g/mol. The number of allylic oxidation sites excluding steroid dienone is 2. The second-order valence-corrected chi connectivity index (χ2v) is 9.47. The van der Waals surface area contributed by atoms with Crippen LogP contribution in [0.4, 0.5) is 20.2 Å². The molecule has 1 aliphatic rings. The third kappa shape index (κ3) is 7.76. The van der Waals surface area contributed by atoms with Crippen molar-refractivity contribution in [3.05, 3.63) is 76.7 Å². The minimum Gasteiger partial charge on any atom is -0.400 e. The van der Waals surface area contributed by atoms with Gasteiger partial charge in [0.1, 0.15) is 11.6 Å². The van der Waals surface area contributed by atoms with Gasteiger partial charge in [0.15, 0.2) is 0 Å². The van der Waals surface area contributed by atoms with Gasteiger partial charge in [0, 0.05) is 21.4 Å². The molecule has 1 aliphatic heterocycles. The topological polar surface area (TPSA) is 70.5 Å². The molecule has 0 aliphatic carbocycles. The number of hydrogen-bond acceptors (Lipinski definition) is 4. The van der Waals surface area contributed by atoms with Gasteiger partial charge in [0.25, 0.3) is 0 Å². The highest BCUT2D eigenvalue weighted by molar-refractivity contribution is 9.10. The molecule has 0 aromatic heterocycles. The van der Waals surface area contributed by atoms with Crippen LogP contribution < -0.4 is 11.5 Å².